The van der Waals surface area contributed by atoms with Crippen LogP contribution in [0.4, 0.5) is 0 Å². The van der Waals surface area contributed by atoms with Gasteiger partial charge < -0.3 is 15.8 Å². The summed E-state index contributed by atoms with van der Waals surface area (Å²) < 4.78 is 5.30. The summed E-state index contributed by atoms with van der Waals surface area (Å²) in [7, 11) is 0. The minimum Gasteiger partial charge on any atom is -0.377 e. The molecule has 18 heavy (non-hydrogen) atoms. The van der Waals surface area contributed by atoms with Crippen LogP contribution in [0.25, 0.3) is 0 Å². The van der Waals surface area contributed by atoms with Crippen molar-refractivity contribution in [3.05, 3.63) is 35.4 Å². The van der Waals surface area contributed by atoms with Crippen LogP contribution in [0.5, 0.6) is 0 Å². The number of rotatable bonds is 6. The Hall–Kier alpha value is -1.88. The number of carbonyl (C=O) groups is 2. The highest BCUT2D eigenvalue weighted by atomic mass is 16.5. The van der Waals surface area contributed by atoms with Crippen molar-refractivity contribution in [2.24, 2.45) is 5.73 Å². The summed E-state index contributed by atoms with van der Waals surface area (Å²) in [5, 5.41) is 2.72. The van der Waals surface area contributed by atoms with E-state index in [-0.39, 0.29) is 12.0 Å². The van der Waals surface area contributed by atoms with Gasteiger partial charge in [-0.15, -0.1) is 0 Å². The second kappa shape index (κ2) is 6.76. The number of nitrogens with two attached hydrogens (primary N) is 1. The summed E-state index contributed by atoms with van der Waals surface area (Å²) in [4.78, 5) is 22.5. The molecule has 0 aromatic heterocycles. The van der Waals surface area contributed by atoms with E-state index in [1.165, 1.54) is 12.1 Å². The molecule has 0 aliphatic heterocycles. The zero-order chi connectivity index (χ0) is 13.5. The summed E-state index contributed by atoms with van der Waals surface area (Å²) in [6.07, 6.45) is 0.150. The number of nitrogens with one attached hydrogen (secondary N) is 1. The fourth-order valence-corrected chi connectivity index (χ4v) is 1.35. The molecule has 0 aliphatic carbocycles. The molecule has 0 fully saturated rings. The summed E-state index contributed by atoms with van der Waals surface area (Å²) in [6, 6.07) is 6.20. The third-order valence-corrected chi connectivity index (χ3v) is 2.27. The number of carbonyl (C=O) groups excluding carboxylic acids is 2. The van der Waals surface area contributed by atoms with Crippen molar-refractivity contribution in [3.63, 3.8) is 0 Å². The smallest absolute Gasteiger partial charge is 0.251 e. The van der Waals surface area contributed by atoms with E-state index in [9.17, 15) is 9.59 Å². The summed E-state index contributed by atoms with van der Waals surface area (Å²) in [6.45, 7) is 4.80. The van der Waals surface area contributed by atoms with Crippen LogP contribution in [0.2, 0.25) is 0 Å². The number of hydrogen-bond acceptors (Lipinski definition) is 3. The van der Waals surface area contributed by atoms with Crippen LogP contribution in [0.1, 0.15) is 34.6 Å². The highest BCUT2D eigenvalue weighted by Crippen LogP contribution is 2.03. The zero-order valence-corrected chi connectivity index (χ0v) is 10.6. The van der Waals surface area contributed by atoms with Gasteiger partial charge in [-0.3, -0.25) is 9.59 Å². The van der Waals surface area contributed by atoms with Gasteiger partial charge in [-0.25, -0.2) is 0 Å². The maximum atomic E-state index is 11.7. The first-order valence-electron chi connectivity index (χ1n) is 5.80. The third kappa shape index (κ3) is 4.55. The Morgan fingerprint density at radius 2 is 1.78 bits per heavy atom. The Morgan fingerprint density at radius 3 is 2.28 bits per heavy atom. The monoisotopic (exact) mass is 250 g/mol. The first-order valence-corrected chi connectivity index (χ1v) is 5.80. The van der Waals surface area contributed by atoms with Crippen LogP contribution < -0.4 is 11.1 Å². The molecule has 1 aromatic rings. The molecule has 1 rings (SSSR count). The predicted molar refractivity (Wildman–Crippen MR) is 68.4 cm³/mol. The van der Waals surface area contributed by atoms with Gasteiger partial charge in [0.05, 0.1) is 12.7 Å². The quantitative estimate of drug-likeness (QED) is 0.737. The van der Waals surface area contributed by atoms with Crippen molar-refractivity contribution in [1.82, 2.24) is 5.32 Å². The van der Waals surface area contributed by atoms with Crippen molar-refractivity contribution in [1.29, 1.82) is 0 Å². The van der Waals surface area contributed by atoms with E-state index in [4.69, 9.17) is 10.5 Å². The Balaban J connectivity index is 2.44. The largest absolute Gasteiger partial charge is 0.377 e. The lowest BCUT2D eigenvalue weighted by Gasteiger charge is -2.08. The minimum atomic E-state index is -0.507. The van der Waals surface area contributed by atoms with Gasteiger partial charge in [-0.1, -0.05) is 0 Å². The number of primary amides is 1. The van der Waals surface area contributed by atoms with E-state index in [0.29, 0.717) is 24.3 Å². The Morgan fingerprint density at radius 1 is 1.22 bits per heavy atom. The second-order valence-electron chi connectivity index (χ2n) is 4.12. The molecule has 3 N–H and O–H groups in total. The van der Waals surface area contributed by atoms with Crippen molar-refractivity contribution in [3.8, 4) is 0 Å². The van der Waals surface area contributed by atoms with E-state index >= 15 is 0 Å². The minimum absolute atomic E-state index is 0.150. The molecule has 1 aromatic carbocycles. The first-order chi connectivity index (χ1) is 8.50. The number of hydrogen-bond donors (Lipinski definition) is 2. The molecule has 0 saturated heterocycles. The van der Waals surface area contributed by atoms with E-state index in [1.807, 2.05) is 13.8 Å². The molecular formula is C13H18N2O3. The Labute approximate surface area is 106 Å². The van der Waals surface area contributed by atoms with Gasteiger partial charge in [0.2, 0.25) is 5.91 Å². The van der Waals surface area contributed by atoms with E-state index < -0.39 is 5.91 Å². The van der Waals surface area contributed by atoms with Crippen molar-refractivity contribution in [2.45, 2.75) is 20.0 Å². The van der Waals surface area contributed by atoms with Crippen molar-refractivity contribution < 1.29 is 14.3 Å². The summed E-state index contributed by atoms with van der Waals surface area (Å²) in [5.74, 6) is -0.703. The predicted octanol–water partition coefficient (Wildman–Crippen LogP) is 0.940. The average molecular weight is 250 g/mol. The van der Waals surface area contributed by atoms with Gasteiger partial charge in [0, 0.05) is 17.7 Å². The van der Waals surface area contributed by atoms with Crippen LogP contribution in [-0.2, 0) is 4.74 Å². The molecule has 98 valence electrons. The van der Waals surface area contributed by atoms with Gasteiger partial charge in [0.25, 0.3) is 5.91 Å². The number of amides is 2. The maximum absolute atomic E-state index is 11.7. The maximum Gasteiger partial charge on any atom is 0.251 e. The molecule has 0 atom stereocenters. The van der Waals surface area contributed by atoms with Gasteiger partial charge in [0.1, 0.15) is 0 Å². The molecule has 2 amide bonds. The molecule has 5 nitrogen and oxygen atoms in total. The third-order valence-electron chi connectivity index (χ3n) is 2.27. The standard InChI is InChI=1S/C13H18N2O3/c1-9(2)18-8-7-15-13(17)11-5-3-10(4-6-11)12(14)16/h3-6,9H,7-8H2,1-2H3,(H2,14,16)(H,15,17). The van der Waals surface area contributed by atoms with Crippen LogP contribution in [-0.4, -0.2) is 31.1 Å². The molecule has 0 saturated carbocycles. The van der Waals surface area contributed by atoms with E-state index in [0.717, 1.165) is 0 Å². The second-order valence-corrected chi connectivity index (χ2v) is 4.12. The Bertz CT molecular complexity index is 413. The molecule has 0 bridgehead atoms. The van der Waals surface area contributed by atoms with Gasteiger partial charge in [-0.2, -0.15) is 0 Å². The number of ether oxygens (including phenoxy) is 1. The van der Waals surface area contributed by atoms with E-state index in [1.54, 1.807) is 12.1 Å². The highest BCUT2D eigenvalue weighted by Gasteiger charge is 2.06. The molecule has 0 heterocycles. The van der Waals surface area contributed by atoms with Crippen LogP contribution in [0.3, 0.4) is 0 Å². The lowest BCUT2D eigenvalue weighted by atomic mass is 10.1. The van der Waals surface area contributed by atoms with Crippen molar-refractivity contribution >= 4 is 11.8 Å². The van der Waals surface area contributed by atoms with Gasteiger partial charge in [0.15, 0.2) is 0 Å². The van der Waals surface area contributed by atoms with E-state index in [2.05, 4.69) is 5.32 Å². The Kier molecular flexibility index (Phi) is 5.32. The highest BCUT2D eigenvalue weighted by molar-refractivity contribution is 5.97. The zero-order valence-electron chi connectivity index (χ0n) is 10.6. The SMILES string of the molecule is CC(C)OCCNC(=O)c1ccc(C(N)=O)cc1. The molecule has 0 spiro atoms. The fourth-order valence-electron chi connectivity index (χ4n) is 1.35. The van der Waals surface area contributed by atoms with Crippen molar-refractivity contribution in [2.75, 3.05) is 13.2 Å². The average Bonchev–Trinajstić information content (AvgIpc) is 2.34. The fraction of sp³-hybridized carbons (Fsp3) is 0.385. The topological polar surface area (TPSA) is 81.4 Å². The van der Waals surface area contributed by atoms with Gasteiger partial charge >= 0.3 is 0 Å². The first kappa shape index (κ1) is 14.2. The summed E-state index contributed by atoms with van der Waals surface area (Å²) >= 11 is 0. The molecule has 0 radical (unpaired) electrons. The normalized spacial score (nSPS) is 10.4. The summed E-state index contributed by atoms with van der Waals surface area (Å²) in [5.41, 5.74) is 5.98. The van der Waals surface area contributed by atoms with Gasteiger partial charge in [-0.05, 0) is 38.1 Å². The molecule has 5 heteroatoms. The number of benzene rings is 1. The van der Waals surface area contributed by atoms with Crippen LogP contribution in [0, 0.1) is 0 Å². The van der Waals surface area contributed by atoms with Crippen LogP contribution in [0.15, 0.2) is 24.3 Å². The molecular weight excluding hydrogens is 232 g/mol. The lowest BCUT2D eigenvalue weighted by molar-refractivity contribution is 0.0746. The molecule has 0 unspecified atom stereocenters. The van der Waals surface area contributed by atoms with Crippen LogP contribution >= 0.6 is 0 Å². The molecule has 0 aliphatic rings. The lowest BCUT2D eigenvalue weighted by Crippen LogP contribution is -2.28.